The number of carbonyl (C=O) groups is 3. The molecule has 2 aromatic carbocycles. The second kappa shape index (κ2) is 11.5. The molecule has 3 N–H and O–H groups in total. The van der Waals surface area contributed by atoms with Crippen molar-refractivity contribution in [3.63, 3.8) is 0 Å². The molecule has 0 heterocycles. The van der Waals surface area contributed by atoms with Crippen LogP contribution in [0.3, 0.4) is 0 Å². The molecule has 0 saturated heterocycles. The molecule has 0 spiro atoms. The highest BCUT2D eigenvalue weighted by atomic mass is 19.4. The van der Waals surface area contributed by atoms with E-state index in [4.69, 9.17) is 9.84 Å². The number of anilines is 1. The first-order valence-electron chi connectivity index (χ1n) is 10.2. The Kier molecular flexibility index (Phi) is 8.99. The summed E-state index contributed by atoms with van der Waals surface area (Å²) in [5.74, 6) is -6.48. The molecule has 11 heteroatoms. The molecule has 2 aromatic rings. The van der Waals surface area contributed by atoms with Gasteiger partial charge in [-0.2, -0.15) is 13.2 Å². The van der Waals surface area contributed by atoms with Crippen molar-refractivity contribution >= 4 is 23.7 Å². The number of rotatable bonds is 9. The van der Waals surface area contributed by atoms with Gasteiger partial charge in [-0.05, 0) is 29.7 Å². The second-order valence-electron chi connectivity index (χ2n) is 7.76. The molecule has 3 atom stereocenters. The summed E-state index contributed by atoms with van der Waals surface area (Å²) in [4.78, 5) is 35.8. The van der Waals surface area contributed by atoms with Crippen LogP contribution >= 0.6 is 0 Å². The van der Waals surface area contributed by atoms with Crippen LogP contribution in [0.2, 0.25) is 0 Å². The zero-order valence-electron chi connectivity index (χ0n) is 18.4. The van der Waals surface area contributed by atoms with Gasteiger partial charge in [0.25, 0.3) is 0 Å². The molecule has 0 saturated carbocycles. The van der Waals surface area contributed by atoms with E-state index in [0.29, 0.717) is 18.1 Å². The molecule has 0 fully saturated rings. The number of carboxylic acids is 1. The predicted octanol–water partition coefficient (Wildman–Crippen LogP) is 4.52. The first kappa shape index (κ1) is 26.6. The fourth-order valence-corrected chi connectivity index (χ4v) is 2.94. The third-order valence-electron chi connectivity index (χ3n) is 5.04. The van der Waals surface area contributed by atoms with Crippen LogP contribution in [0.25, 0.3) is 0 Å². The lowest BCUT2D eigenvalue weighted by Gasteiger charge is -2.26. The van der Waals surface area contributed by atoms with E-state index in [9.17, 15) is 31.9 Å². The van der Waals surface area contributed by atoms with Gasteiger partial charge in [-0.15, -0.1) is 0 Å². The van der Waals surface area contributed by atoms with Crippen molar-refractivity contribution in [3.8, 4) is 0 Å². The van der Waals surface area contributed by atoms with E-state index in [2.05, 4.69) is 5.32 Å². The summed E-state index contributed by atoms with van der Waals surface area (Å²) in [6.07, 6.45) is -6.11. The average Bonchev–Trinajstić information content (AvgIpc) is 2.77. The minimum absolute atomic E-state index is 0.00489. The molecule has 0 aliphatic heterocycles. The van der Waals surface area contributed by atoms with Gasteiger partial charge in [-0.1, -0.05) is 50.2 Å². The van der Waals surface area contributed by atoms with Crippen LogP contribution in [-0.2, 0) is 27.4 Å². The molecule has 0 radical (unpaired) electrons. The van der Waals surface area contributed by atoms with Crippen LogP contribution in [-0.4, -0.2) is 35.3 Å². The molecule has 0 aliphatic carbocycles. The zero-order chi connectivity index (χ0) is 25.5. The van der Waals surface area contributed by atoms with E-state index in [1.54, 1.807) is 30.3 Å². The van der Waals surface area contributed by atoms with Crippen LogP contribution in [0.4, 0.5) is 28.0 Å². The van der Waals surface area contributed by atoms with Crippen LogP contribution < -0.4 is 10.6 Å². The van der Waals surface area contributed by atoms with Crippen molar-refractivity contribution in [3.05, 3.63) is 65.5 Å². The Labute approximate surface area is 193 Å². The van der Waals surface area contributed by atoms with Crippen LogP contribution in [0.1, 0.15) is 25.0 Å². The third-order valence-corrected chi connectivity index (χ3v) is 5.04. The number of amides is 2. The first-order chi connectivity index (χ1) is 15.9. The fraction of sp³-hybridized carbons (Fsp3) is 0.348. The van der Waals surface area contributed by atoms with Crippen LogP contribution in [0.5, 0.6) is 0 Å². The number of nitrogens with one attached hydrogen (secondary N) is 2. The minimum atomic E-state index is -4.86. The van der Waals surface area contributed by atoms with E-state index < -0.39 is 53.5 Å². The molecular formula is C23H24F4N2O5. The molecule has 2 unspecified atom stereocenters. The zero-order valence-corrected chi connectivity index (χ0v) is 18.4. The Balaban J connectivity index is 2.17. The highest BCUT2D eigenvalue weighted by molar-refractivity contribution is 5.97. The lowest BCUT2D eigenvalue weighted by Crippen LogP contribution is -2.52. The Morgan fingerprint density at radius 2 is 1.68 bits per heavy atom. The Bertz CT molecular complexity index is 1010. The van der Waals surface area contributed by atoms with Gasteiger partial charge in [0.2, 0.25) is 5.91 Å². The summed E-state index contributed by atoms with van der Waals surface area (Å²) >= 11 is 0. The van der Waals surface area contributed by atoms with Crippen molar-refractivity contribution in [2.24, 2.45) is 11.8 Å². The van der Waals surface area contributed by atoms with Crippen LogP contribution in [0.15, 0.2) is 48.5 Å². The maximum absolute atomic E-state index is 14.2. The van der Waals surface area contributed by atoms with Gasteiger partial charge in [-0.25, -0.2) is 9.18 Å². The van der Waals surface area contributed by atoms with Crippen molar-refractivity contribution < 1.29 is 41.8 Å². The standard InChI is InChI=1S/C23H24F4N2O5/c1-13(21(31)32)10-16-8-9-17(24)18(11-16)28-20(30)19(14(2)23(25,26)27)29-22(33)34-12-15-6-4-3-5-7-15/h3-9,11,13-14,19H,10,12H2,1-2H3,(H,28,30)(H,29,33)(H,31,32)/t13-,14?,19?/m1/s1. The summed E-state index contributed by atoms with van der Waals surface area (Å²) in [6, 6.07) is 9.64. The normalized spacial score (nSPS) is 13.9. The van der Waals surface area contributed by atoms with Gasteiger partial charge in [0.1, 0.15) is 18.5 Å². The molecule has 7 nitrogen and oxygen atoms in total. The number of hydrogen-bond acceptors (Lipinski definition) is 4. The van der Waals surface area contributed by atoms with Crippen molar-refractivity contribution in [1.82, 2.24) is 5.32 Å². The topological polar surface area (TPSA) is 105 Å². The Hall–Kier alpha value is -3.63. The summed E-state index contributed by atoms with van der Waals surface area (Å²) in [7, 11) is 0. The smallest absolute Gasteiger partial charge is 0.408 e. The van der Waals surface area contributed by atoms with Crippen molar-refractivity contribution in [2.45, 2.75) is 39.1 Å². The fourth-order valence-electron chi connectivity index (χ4n) is 2.94. The third kappa shape index (κ3) is 7.75. The molecule has 0 aromatic heterocycles. The van der Waals surface area contributed by atoms with E-state index in [1.165, 1.54) is 13.0 Å². The summed E-state index contributed by atoms with van der Waals surface area (Å²) in [6.45, 7) is 1.89. The quantitative estimate of drug-likeness (QED) is 0.454. The number of carbonyl (C=O) groups excluding carboxylic acids is 2. The molecular weight excluding hydrogens is 460 g/mol. The molecule has 2 rings (SSSR count). The van der Waals surface area contributed by atoms with Crippen LogP contribution in [0, 0.1) is 17.7 Å². The SMILES string of the molecule is CC(C(NC(=O)OCc1ccccc1)C(=O)Nc1cc(C[C@@H](C)C(=O)O)ccc1F)C(F)(F)F. The lowest BCUT2D eigenvalue weighted by atomic mass is 9.99. The summed E-state index contributed by atoms with van der Waals surface area (Å²) in [5.41, 5.74) is 0.484. The van der Waals surface area contributed by atoms with E-state index in [0.717, 1.165) is 12.1 Å². The highest BCUT2D eigenvalue weighted by Crippen LogP contribution is 2.29. The number of ether oxygens (including phenoxy) is 1. The molecule has 0 aliphatic rings. The van der Waals surface area contributed by atoms with Gasteiger partial charge < -0.3 is 20.5 Å². The molecule has 34 heavy (non-hydrogen) atoms. The van der Waals surface area contributed by atoms with Gasteiger partial charge in [0, 0.05) is 0 Å². The monoisotopic (exact) mass is 484 g/mol. The number of benzene rings is 2. The Morgan fingerprint density at radius 1 is 1.03 bits per heavy atom. The number of hydrogen-bond donors (Lipinski definition) is 3. The van der Waals surface area contributed by atoms with Gasteiger partial charge in [0.15, 0.2) is 0 Å². The van der Waals surface area contributed by atoms with Crippen molar-refractivity contribution in [2.75, 3.05) is 5.32 Å². The largest absolute Gasteiger partial charge is 0.481 e. The van der Waals surface area contributed by atoms with Crippen molar-refractivity contribution in [1.29, 1.82) is 0 Å². The number of halogens is 4. The number of alkyl halides is 3. The minimum Gasteiger partial charge on any atom is -0.481 e. The molecule has 2 amide bonds. The second-order valence-corrected chi connectivity index (χ2v) is 7.76. The first-order valence-corrected chi connectivity index (χ1v) is 10.2. The number of carboxylic acid groups (broad SMARTS) is 1. The summed E-state index contributed by atoms with van der Waals surface area (Å²) < 4.78 is 59.2. The maximum atomic E-state index is 14.2. The van der Waals surface area contributed by atoms with E-state index >= 15 is 0 Å². The number of alkyl carbamates (subject to hydrolysis) is 1. The highest BCUT2D eigenvalue weighted by Gasteiger charge is 2.45. The van der Waals surface area contributed by atoms with E-state index in [-0.39, 0.29) is 13.0 Å². The lowest BCUT2D eigenvalue weighted by molar-refractivity contribution is -0.178. The van der Waals surface area contributed by atoms with Gasteiger partial charge in [-0.3, -0.25) is 9.59 Å². The Morgan fingerprint density at radius 3 is 2.26 bits per heavy atom. The van der Waals surface area contributed by atoms with E-state index in [1.807, 2.05) is 5.32 Å². The van der Waals surface area contributed by atoms with Gasteiger partial charge in [0.05, 0.1) is 17.5 Å². The molecule has 184 valence electrons. The van der Waals surface area contributed by atoms with Gasteiger partial charge >= 0.3 is 18.2 Å². The predicted molar refractivity (Wildman–Crippen MR) is 114 cm³/mol. The summed E-state index contributed by atoms with van der Waals surface area (Å²) in [5, 5.41) is 13.0. The molecule has 0 bridgehead atoms. The number of aliphatic carboxylic acids is 1. The average molecular weight is 484 g/mol. The maximum Gasteiger partial charge on any atom is 0.408 e.